The number of amides is 1. The Kier molecular flexibility index (Phi) is 2.23. The second-order valence-electron chi connectivity index (χ2n) is 5.35. The molecule has 84 valence electrons. The minimum Gasteiger partial charge on any atom is -0.381 e. The Hall–Kier alpha value is -0.570. The average molecular weight is 209 g/mol. The highest BCUT2D eigenvalue weighted by Gasteiger charge is 2.48. The van der Waals surface area contributed by atoms with Crippen LogP contribution in [0.4, 0.5) is 0 Å². The van der Waals surface area contributed by atoms with E-state index >= 15 is 0 Å². The quantitative estimate of drug-likeness (QED) is 0.748. The largest absolute Gasteiger partial charge is 0.381 e. The molecule has 0 aromatic heterocycles. The molecule has 3 heteroatoms. The van der Waals surface area contributed by atoms with Crippen molar-refractivity contribution in [2.45, 2.75) is 44.6 Å². The molecule has 2 saturated carbocycles. The first-order valence-corrected chi connectivity index (χ1v) is 6.18. The molecule has 1 saturated heterocycles. The summed E-state index contributed by atoms with van der Waals surface area (Å²) in [5, 5.41) is 3.24. The van der Waals surface area contributed by atoms with E-state index < -0.39 is 0 Å². The van der Waals surface area contributed by atoms with Crippen LogP contribution in [0.5, 0.6) is 0 Å². The van der Waals surface area contributed by atoms with Crippen LogP contribution in [0.3, 0.4) is 0 Å². The Bertz CT molecular complexity index is 267. The molecule has 1 amide bonds. The van der Waals surface area contributed by atoms with Crippen LogP contribution in [0.25, 0.3) is 0 Å². The van der Waals surface area contributed by atoms with Gasteiger partial charge in [0.15, 0.2) is 0 Å². The molecule has 1 aliphatic heterocycles. The van der Waals surface area contributed by atoms with E-state index in [0.29, 0.717) is 23.3 Å². The smallest absolute Gasteiger partial charge is 0.223 e. The summed E-state index contributed by atoms with van der Waals surface area (Å²) in [4.78, 5) is 11.7. The van der Waals surface area contributed by atoms with Gasteiger partial charge in [0.25, 0.3) is 0 Å². The maximum atomic E-state index is 11.7. The minimum absolute atomic E-state index is 0.311. The first-order chi connectivity index (χ1) is 7.30. The van der Waals surface area contributed by atoms with Gasteiger partial charge in [-0.15, -0.1) is 0 Å². The van der Waals surface area contributed by atoms with E-state index in [0.717, 1.165) is 38.9 Å². The van der Waals surface area contributed by atoms with E-state index in [1.54, 1.807) is 0 Å². The van der Waals surface area contributed by atoms with Crippen molar-refractivity contribution >= 4 is 5.91 Å². The van der Waals surface area contributed by atoms with Gasteiger partial charge in [-0.3, -0.25) is 4.79 Å². The molecule has 1 atom stereocenters. The standard InChI is InChI=1S/C12H19NO2/c14-11(9-1-2-9)13-10-3-4-12(10)5-7-15-8-6-12/h9-10H,1-8H2,(H,13,14). The van der Waals surface area contributed by atoms with Crippen molar-refractivity contribution in [3.8, 4) is 0 Å². The Morgan fingerprint density at radius 1 is 1.13 bits per heavy atom. The molecule has 0 bridgehead atoms. The number of hydrogen-bond acceptors (Lipinski definition) is 2. The molecular formula is C12H19NO2. The highest BCUT2D eigenvalue weighted by atomic mass is 16.5. The van der Waals surface area contributed by atoms with Gasteiger partial charge in [-0.1, -0.05) is 0 Å². The fourth-order valence-electron chi connectivity index (χ4n) is 2.93. The Labute approximate surface area is 90.6 Å². The molecule has 3 nitrogen and oxygen atoms in total. The molecule has 3 fully saturated rings. The molecule has 3 aliphatic rings. The molecule has 1 N–H and O–H groups in total. The zero-order valence-corrected chi connectivity index (χ0v) is 9.13. The summed E-state index contributed by atoms with van der Waals surface area (Å²) in [5.41, 5.74) is 0.406. The van der Waals surface area contributed by atoms with Crippen molar-refractivity contribution in [2.75, 3.05) is 13.2 Å². The lowest BCUT2D eigenvalue weighted by Crippen LogP contribution is -2.57. The molecule has 1 unspecified atom stereocenters. The molecule has 2 aliphatic carbocycles. The van der Waals surface area contributed by atoms with E-state index in [9.17, 15) is 4.79 Å². The average Bonchev–Trinajstić information content (AvgIpc) is 3.09. The highest BCUT2D eigenvalue weighted by molar-refractivity contribution is 5.81. The van der Waals surface area contributed by atoms with E-state index in [1.165, 1.54) is 12.8 Å². The maximum absolute atomic E-state index is 11.7. The molecule has 1 spiro atoms. The van der Waals surface area contributed by atoms with E-state index in [4.69, 9.17) is 4.74 Å². The van der Waals surface area contributed by atoms with E-state index in [-0.39, 0.29) is 0 Å². The van der Waals surface area contributed by atoms with Crippen molar-refractivity contribution in [3.05, 3.63) is 0 Å². The van der Waals surface area contributed by atoms with Gasteiger partial charge >= 0.3 is 0 Å². The predicted molar refractivity (Wildman–Crippen MR) is 56.4 cm³/mol. The van der Waals surface area contributed by atoms with Crippen LogP contribution in [0.15, 0.2) is 0 Å². The van der Waals surface area contributed by atoms with Crippen LogP contribution in [0, 0.1) is 11.3 Å². The zero-order chi connectivity index (χ0) is 10.3. The van der Waals surface area contributed by atoms with Crippen LogP contribution in [-0.4, -0.2) is 25.2 Å². The summed E-state index contributed by atoms with van der Waals surface area (Å²) in [6, 6.07) is 0.453. The van der Waals surface area contributed by atoms with Crippen LogP contribution in [-0.2, 0) is 9.53 Å². The first kappa shape index (κ1) is 9.64. The monoisotopic (exact) mass is 209 g/mol. The third-order valence-electron chi connectivity index (χ3n) is 4.42. The molecule has 0 radical (unpaired) electrons. The summed E-state index contributed by atoms with van der Waals surface area (Å²) in [5.74, 6) is 0.660. The SMILES string of the molecule is O=C(NC1CCC12CCOCC2)C1CC1. The minimum atomic E-state index is 0.311. The van der Waals surface area contributed by atoms with Gasteiger partial charge in [0.2, 0.25) is 5.91 Å². The van der Waals surface area contributed by atoms with Gasteiger partial charge in [-0.2, -0.15) is 0 Å². The van der Waals surface area contributed by atoms with Gasteiger partial charge in [0.1, 0.15) is 0 Å². The van der Waals surface area contributed by atoms with Gasteiger partial charge < -0.3 is 10.1 Å². The van der Waals surface area contributed by atoms with Crippen LogP contribution in [0.1, 0.15) is 38.5 Å². The maximum Gasteiger partial charge on any atom is 0.223 e. The van der Waals surface area contributed by atoms with Crippen molar-refractivity contribution in [2.24, 2.45) is 11.3 Å². The first-order valence-electron chi connectivity index (χ1n) is 6.18. The highest BCUT2D eigenvalue weighted by Crippen LogP contribution is 2.49. The Morgan fingerprint density at radius 3 is 2.40 bits per heavy atom. The third-order valence-corrected chi connectivity index (χ3v) is 4.42. The number of hydrogen-bond donors (Lipinski definition) is 1. The fourth-order valence-corrected chi connectivity index (χ4v) is 2.93. The molecule has 0 aromatic rings. The van der Waals surface area contributed by atoms with E-state index in [2.05, 4.69) is 5.32 Å². The summed E-state index contributed by atoms with van der Waals surface area (Å²) in [6.07, 6.45) is 6.96. The lowest BCUT2D eigenvalue weighted by molar-refractivity contribution is -0.128. The van der Waals surface area contributed by atoms with Crippen molar-refractivity contribution in [3.63, 3.8) is 0 Å². The summed E-state index contributed by atoms with van der Waals surface area (Å²) in [6.45, 7) is 1.77. The molecule has 1 heterocycles. The van der Waals surface area contributed by atoms with Gasteiger partial charge in [-0.05, 0) is 43.9 Å². The molecular weight excluding hydrogens is 190 g/mol. The summed E-state index contributed by atoms with van der Waals surface area (Å²) >= 11 is 0. The number of ether oxygens (including phenoxy) is 1. The number of carbonyl (C=O) groups is 1. The van der Waals surface area contributed by atoms with Crippen LogP contribution >= 0.6 is 0 Å². The van der Waals surface area contributed by atoms with Crippen molar-refractivity contribution in [1.82, 2.24) is 5.32 Å². The third kappa shape index (κ3) is 1.67. The summed E-state index contributed by atoms with van der Waals surface area (Å²) < 4.78 is 5.40. The Balaban J connectivity index is 1.58. The second kappa shape index (κ2) is 3.48. The molecule has 0 aromatic carbocycles. The van der Waals surface area contributed by atoms with Crippen LogP contribution < -0.4 is 5.32 Å². The normalized spacial score (nSPS) is 33.5. The number of rotatable bonds is 2. The topological polar surface area (TPSA) is 38.3 Å². The zero-order valence-electron chi connectivity index (χ0n) is 9.13. The van der Waals surface area contributed by atoms with Gasteiger partial charge in [0.05, 0.1) is 0 Å². The Morgan fingerprint density at radius 2 is 1.87 bits per heavy atom. The summed E-state index contributed by atoms with van der Waals surface area (Å²) in [7, 11) is 0. The van der Waals surface area contributed by atoms with Gasteiger partial charge in [-0.25, -0.2) is 0 Å². The van der Waals surface area contributed by atoms with Crippen LogP contribution in [0.2, 0.25) is 0 Å². The molecule has 15 heavy (non-hydrogen) atoms. The van der Waals surface area contributed by atoms with Gasteiger partial charge in [0, 0.05) is 25.2 Å². The fraction of sp³-hybridized carbons (Fsp3) is 0.917. The van der Waals surface area contributed by atoms with Crippen molar-refractivity contribution in [1.29, 1.82) is 0 Å². The number of nitrogens with one attached hydrogen (secondary N) is 1. The van der Waals surface area contributed by atoms with Crippen molar-refractivity contribution < 1.29 is 9.53 Å². The predicted octanol–water partition coefficient (Wildman–Crippen LogP) is 1.47. The lowest BCUT2D eigenvalue weighted by atomic mass is 9.60. The second-order valence-corrected chi connectivity index (χ2v) is 5.35. The lowest BCUT2D eigenvalue weighted by Gasteiger charge is -2.52. The number of carbonyl (C=O) groups excluding carboxylic acids is 1. The molecule has 3 rings (SSSR count). The van der Waals surface area contributed by atoms with E-state index in [1.807, 2.05) is 0 Å².